The van der Waals surface area contributed by atoms with E-state index >= 15 is 0 Å². The van der Waals surface area contributed by atoms with Gasteiger partial charge in [0.25, 0.3) is 0 Å². The summed E-state index contributed by atoms with van der Waals surface area (Å²) in [4.78, 5) is 14.6. The lowest BCUT2D eigenvalue weighted by Gasteiger charge is -2.14. The van der Waals surface area contributed by atoms with Gasteiger partial charge in [-0.05, 0) is 17.7 Å². The van der Waals surface area contributed by atoms with Gasteiger partial charge in [0.1, 0.15) is 5.82 Å². The van der Waals surface area contributed by atoms with Crippen LogP contribution in [0.4, 0.5) is 4.39 Å². The molecule has 3 heteroatoms. The lowest BCUT2D eigenvalue weighted by molar-refractivity contribution is 0.103. The first-order valence-electron chi connectivity index (χ1n) is 6.99. The summed E-state index contributed by atoms with van der Waals surface area (Å²) in [6, 6.07) is 13.5. The second-order valence-corrected chi connectivity index (χ2v) is 5.17. The van der Waals surface area contributed by atoms with E-state index in [9.17, 15) is 9.18 Å². The van der Waals surface area contributed by atoms with Crippen molar-refractivity contribution in [3.05, 3.63) is 83.2 Å². The second-order valence-electron chi connectivity index (χ2n) is 5.17. The molecule has 1 aliphatic heterocycles. The van der Waals surface area contributed by atoms with Crippen LogP contribution < -0.4 is 0 Å². The summed E-state index contributed by atoms with van der Waals surface area (Å²) in [5, 5.41) is 0. The van der Waals surface area contributed by atoms with Crippen LogP contribution in [0.3, 0.4) is 0 Å². The van der Waals surface area contributed by atoms with Gasteiger partial charge >= 0.3 is 0 Å². The van der Waals surface area contributed by atoms with Crippen LogP contribution in [-0.2, 0) is 6.54 Å². The molecule has 106 valence electrons. The van der Waals surface area contributed by atoms with E-state index in [1.807, 2.05) is 12.1 Å². The number of carbonyl (C=O) groups is 1. The number of rotatable bonds is 4. The SMILES string of the molecule is O=C(c1ccc(CN2CC=CC2)cc1)c1ccccc1F. The zero-order chi connectivity index (χ0) is 14.7. The van der Waals surface area contributed by atoms with E-state index in [4.69, 9.17) is 0 Å². The van der Waals surface area contributed by atoms with E-state index in [1.54, 1.807) is 24.3 Å². The molecule has 3 rings (SSSR count). The molecule has 2 aromatic rings. The summed E-state index contributed by atoms with van der Waals surface area (Å²) in [5.41, 5.74) is 1.79. The van der Waals surface area contributed by atoms with Crippen molar-refractivity contribution in [2.75, 3.05) is 13.1 Å². The minimum Gasteiger partial charge on any atom is -0.292 e. The molecule has 2 nitrogen and oxygen atoms in total. The fourth-order valence-corrected chi connectivity index (χ4v) is 2.47. The van der Waals surface area contributed by atoms with Gasteiger partial charge in [0.05, 0.1) is 5.56 Å². The average Bonchev–Trinajstić information content (AvgIpc) is 3.01. The van der Waals surface area contributed by atoms with Gasteiger partial charge < -0.3 is 0 Å². The summed E-state index contributed by atoms with van der Waals surface area (Å²) in [6.07, 6.45) is 4.30. The highest BCUT2D eigenvalue weighted by Gasteiger charge is 2.13. The molecule has 0 bridgehead atoms. The lowest BCUT2D eigenvalue weighted by Crippen LogP contribution is -2.19. The standard InChI is InChI=1S/C18H16FNO/c19-17-6-2-1-5-16(17)18(21)15-9-7-14(8-10-15)13-20-11-3-4-12-20/h1-10H,11-13H2. The highest BCUT2D eigenvalue weighted by Crippen LogP contribution is 2.15. The molecule has 0 radical (unpaired) electrons. The molecule has 0 aliphatic carbocycles. The fraction of sp³-hybridized carbons (Fsp3) is 0.167. The monoisotopic (exact) mass is 281 g/mol. The van der Waals surface area contributed by atoms with Gasteiger partial charge in [-0.2, -0.15) is 0 Å². The first-order chi connectivity index (χ1) is 10.2. The number of ketones is 1. The van der Waals surface area contributed by atoms with Crippen molar-refractivity contribution in [1.29, 1.82) is 0 Å². The number of nitrogens with zero attached hydrogens (tertiary/aromatic N) is 1. The molecule has 0 saturated heterocycles. The minimum absolute atomic E-state index is 0.119. The van der Waals surface area contributed by atoms with Crippen molar-refractivity contribution in [1.82, 2.24) is 4.90 Å². The zero-order valence-electron chi connectivity index (χ0n) is 11.6. The quantitative estimate of drug-likeness (QED) is 0.632. The molecule has 0 saturated carbocycles. The molecule has 21 heavy (non-hydrogen) atoms. The van der Waals surface area contributed by atoms with Crippen LogP contribution in [0.2, 0.25) is 0 Å². The van der Waals surface area contributed by atoms with E-state index in [0.29, 0.717) is 5.56 Å². The molecular weight excluding hydrogens is 265 g/mol. The topological polar surface area (TPSA) is 20.3 Å². The number of halogens is 1. The normalized spacial score (nSPS) is 14.5. The molecule has 2 aromatic carbocycles. The minimum atomic E-state index is -0.477. The Hall–Kier alpha value is -2.26. The van der Waals surface area contributed by atoms with Crippen molar-refractivity contribution in [3.8, 4) is 0 Å². The van der Waals surface area contributed by atoms with Crippen LogP contribution in [0.25, 0.3) is 0 Å². The third-order valence-electron chi connectivity index (χ3n) is 3.63. The predicted octanol–water partition coefficient (Wildman–Crippen LogP) is 3.43. The number of hydrogen-bond acceptors (Lipinski definition) is 2. The first kappa shape index (κ1) is 13.7. The zero-order valence-corrected chi connectivity index (χ0v) is 11.6. The Balaban J connectivity index is 1.74. The van der Waals surface area contributed by atoms with Crippen molar-refractivity contribution < 1.29 is 9.18 Å². The summed E-state index contributed by atoms with van der Waals surface area (Å²) in [6.45, 7) is 2.80. The third-order valence-corrected chi connectivity index (χ3v) is 3.63. The Morgan fingerprint density at radius 1 is 1.00 bits per heavy atom. The van der Waals surface area contributed by atoms with Gasteiger partial charge in [-0.3, -0.25) is 9.69 Å². The number of benzene rings is 2. The summed E-state index contributed by atoms with van der Waals surface area (Å²) < 4.78 is 13.6. The van der Waals surface area contributed by atoms with Crippen molar-refractivity contribution in [3.63, 3.8) is 0 Å². The van der Waals surface area contributed by atoms with Crippen LogP contribution >= 0.6 is 0 Å². The Kier molecular flexibility index (Phi) is 3.93. The van der Waals surface area contributed by atoms with Crippen LogP contribution in [0.1, 0.15) is 21.5 Å². The summed E-state index contributed by atoms with van der Waals surface area (Å²) in [5.74, 6) is -0.753. The molecule has 1 heterocycles. The van der Waals surface area contributed by atoms with E-state index < -0.39 is 5.82 Å². The van der Waals surface area contributed by atoms with E-state index in [-0.39, 0.29) is 11.3 Å². The maximum absolute atomic E-state index is 13.6. The van der Waals surface area contributed by atoms with Crippen LogP contribution in [0.5, 0.6) is 0 Å². The number of carbonyl (C=O) groups excluding carboxylic acids is 1. The Morgan fingerprint density at radius 3 is 2.33 bits per heavy atom. The fourth-order valence-electron chi connectivity index (χ4n) is 2.47. The van der Waals surface area contributed by atoms with Gasteiger partial charge in [0.2, 0.25) is 0 Å². The van der Waals surface area contributed by atoms with Crippen LogP contribution in [0.15, 0.2) is 60.7 Å². The Bertz CT molecular complexity index is 668. The molecule has 1 aliphatic rings. The molecule has 0 fully saturated rings. The van der Waals surface area contributed by atoms with Gasteiger partial charge in [0, 0.05) is 25.2 Å². The second kappa shape index (κ2) is 6.02. The largest absolute Gasteiger partial charge is 0.292 e. The Morgan fingerprint density at radius 2 is 1.67 bits per heavy atom. The molecule has 0 spiro atoms. The van der Waals surface area contributed by atoms with E-state index in [2.05, 4.69) is 17.1 Å². The lowest BCUT2D eigenvalue weighted by atomic mass is 10.0. The van der Waals surface area contributed by atoms with Gasteiger partial charge in [-0.1, -0.05) is 48.6 Å². The molecule has 0 unspecified atom stereocenters. The van der Waals surface area contributed by atoms with Gasteiger partial charge in [0.15, 0.2) is 5.78 Å². The van der Waals surface area contributed by atoms with Gasteiger partial charge in [-0.15, -0.1) is 0 Å². The maximum Gasteiger partial charge on any atom is 0.195 e. The highest BCUT2D eigenvalue weighted by molar-refractivity contribution is 6.09. The third kappa shape index (κ3) is 3.09. The number of hydrogen-bond donors (Lipinski definition) is 0. The maximum atomic E-state index is 13.6. The summed E-state index contributed by atoms with van der Waals surface area (Å²) in [7, 11) is 0. The Labute approximate surface area is 123 Å². The van der Waals surface area contributed by atoms with Crippen LogP contribution in [0, 0.1) is 5.82 Å². The molecule has 0 N–H and O–H groups in total. The highest BCUT2D eigenvalue weighted by atomic mass is 19.1. The van der Waals surface area contributed by atoms with Crippen molar-refractivity contribution in [2.24, 2.45) is 0 Å². The first-order valence-corrected chi connectivity index (χ1v) is 6.99. The van der Waals surface area contributed by atoms with Gasteiger partial charge in [-0.25, -0.2) is 4.39 Å². The van der Waals surface area contributed by atoms with Crippen molar-refractivity contribution in [2.45, 2.75) is 6.54 Å². The smallest absolute Gasteiger partial charge is 0.195 e. The molecule has 0 amide bonds. The average molecular weight is 281 g/mol. The molecule has 0 aromatic heterocycles. The summed E-state index contributed by atoms with van der Waals surface area (Å²) >= 11 is 0. The van der Waals surface area contributed by atoms with Crippen molar-refractivity contribution >= 4 is 5.78 Å². The van der Waals surface area contributed by atoms with E-state index in [1.165, 1.54) is 12.1 Å². The van der Waals surface area contributed by atoms with Crippen LogP contribution in [-0.4, -0.2) is 23.8 Å². The predicted molar refractivity (Wildman–Crippen MR) is 80.7 cm³/mol. The molecule has 0 atom stereocenters. The van der Waals surface area contributed by atoms with E-state index in [0.717, 1.165) is 25.2 Å². The molecular formula is C18H16FNO.